The molecule has 0 aliphatic carbocycles. The molecule has 0 aromatic heterocycles. The van der Waals surface area contributed by atoms with E-state index < -0.39 is 0 Å². The Kier molecular flexibility index (Phi) is 6.98. The second-order valence-electron chi connectivity index (χ2n) is 4.57. The minimum Gasteiger partial charge on any atom is -0.377 e. The Labute approximate surface area is 94.2 Å². The standard InChI is InChI=1S/C12H26N2O/c1-12(2)15-11-7-13-6-10-14-8-4-3-5-9-14/h12-13H,3-11H2,1-2H3. The zero-order chi connectivity index (χ0) is 10.9. The Bertz CT molecular complexity index is 145. The Hall–Kier alpha value is -0.120. The van der Waals surface area contributed by atoms with Gasteiger partial charge in [-0.3, -0.25) is 0 Å². The first-order chi connectivity index (χ1) is 7.29. The van der Waals surface area contributed by atoms with Gasteiger partial charge in [0.2, 0.25) is 0 Å². The first kappa shape index (κ1) is 12.9. The van der Waals surface area contributed by atoms with Crippen molar-refractivity contribution in [2.45, 2.75) is 39.2 Å². The molecule has 1 saturated heterocycles. The molecule has 3 heteroatoms. The molecule has 15 heavy (non-hydrogen) atoms. The molecule has 0 aromatic rings. The molecule has 3 nitrogen and oxygen atoms in total. The molecule has 1 rings (SSSR count). The number of piperidine rings is 1. The fraction of sp³-hybridized carbons (Fsp3) is 1.00. The quantitative estimate of drug-likeness (QED) is 0.650. The summed E-state index contributed by atoms with van der Waals surface area (Å²) in [4.78, 5) is 2.56. The van der Waals surface area contributed by atoms with Gasteiger partial charge in [0, 0.05) is 19.6 Å². The van der Waals surface area contributed by atoms with Gasteiger partial charge < -0.3 is 15.0 Å². The molecule has 0 radical (unpaired) electrons. The zero-order valence-electron chi connectivity index (χ0n) is 10.3. The maximum atomic E-state index is 5.46. The largest absolute Gasteiger partial charge is 0.377 e. The lowest BCUT2D eigenvalue weighted by atomic mass is 10.1. The van der Waals surface area contributed by atoms with Crippen molar-refractivity contribution in [3.63, 3.8) is 0 Å². The molecule has 0 unspecified atom stereocenters. The van der Waals surface area contributed by atoms with Crippen LogP contribution in [0.25, 0.3) is 0 Å². The average Bonchev–Trinajstić information content (AvgIpc) is 2.24. The van der Waals surface area contributed by atoms with Crippen LogP contribution in [-0.2, 0) is 4.74 Å². The number of hydrogen-bond acceptors (Lipinski definition) is 3. The average molecular weight is 214 g/mol. The van der Waals surface area contributed by atoms with Crippen LogP contribution in [0.2, 0.25) is 0 Å². The summed E-state index contributed by atoms with van der Waals surface area (Å²) in [5.74, 6) is 0. The molecule has 1 fully saturated rings. The van der Waals surface area contributed by atoms with Gasteiger partial charge in [-0.2, -0.15) is 0 Å². The van der Waals surface area contributed by atoms with E-state index in [1.165, 1.54) is 38.9 Å². The molecule has 0 spiro atoms. The fourth-order valence-corrected chi connectivity index (χ4v) is 1.91. The van der Waals surface area contributed by atoms with Crippen molar-refractivity contribution in [2.24, 2.45) is 0 Å². The normalized spacial score (nSPS) is 18.6. The van der Waals surface area contributed by atoms with Crippen LogP contribution in [0.15, 0.2) is 0 Å². The third-order valence-electron chi connectivity index (χ3n) is 2.78. The highest BCUT2D eigenvalue weighted by Gasteiger charge is 2.08. The van der Waals surface area contributed by atoms with Gasteiger partial charge >= 0.3 is 0 Å². The molecule has 0 bridgehead atoms. The highest BCUT2D eigenvalue weighted by molar-refractivity contribution is 4.65. The smallest absolute Gasteiger partial charge is 0.0594 e. The molecule has 0 saturated carbocycles. The molecule has 0 amide bonds. The summed E-state index contributed by atoms with van der Waals surface area (Å²) >= 11 is 0. The molecule has 1 N–H and O–H groups in total. The molecule has 90 valence electrons. The van der Waals surface area contributed by atoms with E-state index >= 15 is 0 Å². The molecular formula is C12H26N2O. The Morgan fingerprint density at radius 3 is 2.53 bits per heavy atom. The molecule has 1 aliphatic rings. The molecule has 0 aromatic carbocycles. The number of likely N-dealkylation sites (tertiary alicyclic amines) is 1. The van der Waals surface area contributed by atoms with Crippen LogP contribution < -0.4 is 5.32 Å². The first-order valence-electron chi connectivity index (χ1n) is 6.33. The maximum absolute atomic E-state index is 5.46. The Balaban J connectivity index is 1.83. The third-order valence-corrected chi connectivity index (χ3v) is 2.78. The van der Waals surface area contributed by atoms with Crippen molar-refractivity contribution in [3.8, 4) is 0 Å². The van der Waals surface area contributed by atoms with Gasteiger partial charge in [-0.05, 0) is 39.8 Å². The summed E-state index contributed by atoms with van der Waals surface area (Å²) in [6.07, 6.45) is 4.55. The molecular weight excluding hydrogens is 188 g/mol. The Morgan fingerprint density at radius 1 is 1.13 bits per heavy atom. The lowest BCUT2D eigenvalue weighted by Crippen LogP contribution is -2.36. The summed E-state index contributed by atoms with van der Waals surface area (Å²) in [5.41, 5.74) is 0. The monoisotopic (exact) mass is 214 g/mol. The summed E-state index contributed by atoms with van der Waals surface area (Å²) in [7, 11) is 0. The topological polar surface area (TPSA) is 24.5 Å². The van der Waals surface area contributed by atoms with Crippen molar-refractivity contribution in [3.05, 3.63) is 0 Å². The van der Waals surface area contributed by atoms with Crippen LogP contribution >= 0.6 is 0 Å². The second-order valence-corrected chi connectivity index (χ2v) is 4.57. The summed E-state index contributed by atoms with van der Waals surface area (Å²) in [6, 6.07) is 0. The highest BCUT2D eigenvalue weighted by Crippen LogP contribution is 2.07. The van der Waals surface area contributed by atoms with Crippen LogP contribution in [-0.4, -0.2) is 50.3 Å². The minimum atomic E-state index is 0.355. The van der Waals surface area contributed by atoms with E-state index in [0.717, 1.165) is 19.7 Å². The van der Waals surface area contributed by atoms with Crippen molar-refractivity contribution >= 4 is 0 Å². The number of nitrogens with zero attached hydrogens (tertiary/aromatic N) is 1. The Morgan fingerprint density at radius 2 is 1.87 bits per heavy atom. The van der Waals surface area contributed by atoms with E-state index in [-0.39, 0.29) is 0 Å². The van der Waals surface area contributed by atoms with E-state index in [0.29, 0.717) is 6.10 Å². The predicted octanol–water partition coefficient (Wildman–Crippen LogP) is 1.49. The van der Waals surface area contributed by atoms with Gasteiger partial charge in [0.25, 0.3) is 0 Å². The van der Waals surface area contributed by atoms with Crippen molar-refractivity contribution < 1.29 is 4.74 Å². The van der Waals surface area contributed by atoms with Gasteiger partial charge in [0.15, 0.2) is 0 Å². The van der Waals surface area contributed by atoms with Gasteiger partial charge in [-0.1, -0.05) is 6.42 Å². The van der Waals surface area contributed by atoms with E-state index in [2.05, 4.69) is 24.1 Å². The van der Waals surface area contributed by atoms with Crippen LogP contribution in [0.3, 0.4) is 0 Å². The minimum absolute atomic E-state index is 0.355. The second kappa shape index (κ2) is 8.08. The van der Waals surface area contributed by atoms with Crippen LogP contribution in [0.4, 0.5) is 0 Å². The van der Waals surface area contributed by atoms with E-state index in [1.54, 1.807) is 0 Å². The number of hydrogen-bond donors (Lipinski definition) is 1. The lowest BCUT2D eigenvalue weighted by molar-refractivity contribution is 0.0803. The summed E-state index contributed by atoms with van der Waals surface area (Å²) in [5, 5.41) is 3.42. The van der Waals surface area contributed by atoms with Gasteiger partial charge in [0.05, 0.1) is 12.7 Å². The number of ether oxygens (including phenoxy) is 1. The van der Waals surface area contributed by atoms with Gasteiger partial charge in [0.1, 0.15) is 0 Å². The highest BCUT2D eigenvalue weighted by atomic mass is 16.5. The van der Waals surface area contributed by atoms with Crippen LogP contribution in [0, 0.1) is 0 Å². The van der Waals surface area contributed by atoms with Crippen molar-refractivity contribution in [1.29, 1.82) is 0 Å². The molecule has 0 atom stereocenters. The SMILES string of the molecule is CC(C)OCCNCCN1CCCCC1. The summed E-state index contributed by atoms with van der Waals surface area (Å²) in [6.45, 7) is 10.8. The number of nitrogens with one attached hydrogen (secondary N) is 1. The number of rotatable bonds is 7. The van der Waals surface area contributed by atoms with E-state index in [9.17, 15) is 0 Å². The predicted molar refractivity (Wildman–Crippen MR) is 64.2 cm³/mol. The van der Waals surface area contributed by atoms with Gasteiger partial charge in [-0.25, -0.2) is 0 Å². The van der Waals surface area contributed by atoms with Crippen LogP contribution in [0.5, 0.6) is 0 Å². The molecule has 1 heterocycles. The lowest BCUT2D eigenvalue weighted by Gasteiger charge is -2.26. The van der Waals surface area contributed by atoms with Crippen LogP contribution in [0.1, 0.15) is 33.1 Å². The van der Waals surface area contributed by atoms with Gasteiger partial charge in [-0.15, -0.1) is 0 Å². The van der Waals surface area contributed by atoms with E-state index in [1.807, 2.05) is 0 Å². The summed E-state index contributed by atoms with van der Waals surface area (Å²) < 4.78 is 5.46. The third kappa shape index (κ3) is 6.88. The van der Waals surface area contributed by atoms with Crippen molar-refractivity contribution in [1.82, 2.24) is 10.2 Å². The van der Waals surface area contributed by atoms with E-state index in [4.69, 9.17) is 4.74 Å². The van der Waals surface area contributed by atoms with Crippen molar-refractivity contribution in [2.75, 3.05) is 39.3 Å². The fourth-order valence-electron chi connectivity index (χ4n) is 1.91. The molecule has 1 aliphatic heterocycles. The first-order valence-corrected chi connectivity index (χ1v) is 6.33. The zero-order valence-corrected chi connectivity index (χ0v) is 10.3. The maximum Gasteiger partial charge on any atom is 0.0594 e.